The van der Waals surface area contributed by atoms with Gasteiger partial charge in [-0.1, -0.05) is 59.6 Å². The summed E-state index contributed by atoms with van der Waals surface area (Å²) in [6.07, 6.45) is 0.681. The minimum atomic E-state index is -0.787. The second kappa shape index (κ2) is 10.0. The Balaban J connectivity index is 1.69. The van der Waals surface area contributed by atoms with Crippen molar-refractivity contribution in [3.05, 3.63) is 75.3 Å². The van der Waals surface area contributed by atoms with E-state index in [0.717, 1.165) is 19.6 Å². The molecule has 0 aliphatic carbocycles. The Bertz CT molecular complexity index is 1040. The van der Waals surface area contributed by atoms with E-state index < -0.39 is 17.7 Å². The van der Waals surface area contributed by atoms with Crippen LogP contribution in [-0.2, 0) is 14.3 Å². The van der Waals surface area contributed by atoms with Crippen molar-refractivity contribution >= 4 is 40.7 Å². The molecule has 0 saturated carbocycles. The lowest BCUT2D eigenvalue weighted by atomic mass is 9.95. The zero-order valence-electron chi connectivity index (χ0n) is 17.5. The summed E-state index contributed by atoms with van der Waals surface area (Å²) in [7, 11) is 0. The Kier molecular flexibility index (Phi) is 7.16. The van der Waals surface area contributed by atoms with Crippen LogP contribution in [0.1, 0.15) is 23.6 Å². The molecule has 168 valence electrons. The molecule has 0 aromatic heterocycles. The van der Waals surface area contributed by atoms with Gasteiger partial charge in [0.1, 0.15) is 5.76 Å². The van der Waals surface area contributed by atoms with Gasteiger partial charge in [0, 0.05) is 41.8 Å². The number of ketones is 1. The van der Waals surface area contributed by atoms with Crippen LogP contribution in [0.3, 0.4) is 0 Å². The number of benzene rings is 2. The van der Waals surface area contributed by atoms with Crippen LogP contribution >= 0.6 is 23.2 Å². The second-order valence-electron chi connectivity index (χ2n) is 7.83. The van der Waals surface area contributed by atoms with Crippen LogP contribution in [0.2, 0.25) is 10.0 Å². The van der Waals surface area contributed by atoms with Gasteiger partial charge in [-0.05, 0) is 24.1 Å². The van der Waals surface area contributed by atoms with Gasteiger partial charge in [-0.25, -0.2) is 0 Å². The van der Waals surface area contributed by atoms with Gasteiger partial charge >= 0.3 is 0 Å². The number of hydrogen-bond donors (Lipinski definition) is 1. The highest BCUT2D eigenvalue weighted by Gasteiger charge is 2.46. The standard InChI is InChI=1S/C24H24Cl2N2O4/c25-17-7-8-18(19(26)15-17)21-20(22(29)16-5-2-1-3-6-16)23(30)24(31)28(21)10-4-9-27-11-13-32-14-12-27/h1-3,5-8,15,21,29H,4,9-14H2. The van der Waals surface area contributed by atoms with Gasteiger partial charge in [0.05, 0.1) is 24.8 Å². The Hall–Kier alpha value is -2.38. The van der Waals surface area contributed by atoms with Crippen molar-refractivity contribution in [2.24, 2.45) is 0 Å². The SMILES string of the molecule is O=C1C(=O)N(CCCN2CCOCC2)C(c2ccc(Cl)cc2Cl)C1=C(O)c1ccccc1. The zero-order valence-corrected chi connectivity index (χ0v) is 19.0. The Morgan fingerprint density at radius 3 is 2.44 bits per heavy atom. The lowest BCUT2D eigenvalue weighted by Gasteiger charge is -2.29. The first-order valence-electron chi connectivity index (χ1n) is 10.6. The highest BCUT2D eigenvalue weighted by atomic mass is 35.5. The van der Waals surface area contributed by atoms with Gasteiger partial charge in [-0.3, -0.25) is 14.5 Å². The molecule has 2 heterocycles. The van der Waals surface area contributed by atoms with Crippen LogP contribution in [0.15, 0.2) is 54.1 Å². The fourth-order valence-corrected chi connectivity index (χ4v) is 4.71. The maximum atomic E-state index is 13.1. The predicted octanol–water partition coefficient (Wildman–Crippen LogP) is 4.14. The summed E-state index contributed by atoms with van der Waals surface area (Å²) in [6.45, 7) is 4.23. The first kappa shape index (κ1) is 22.8. The predicted molar refractivity (Wildman–Crippen MR) is 124 cm³/mol. The van der Waals surface area contributed by atoms with Crippen LogP contribution < -0.4 is 0 Å². The number of nitrogens with zero attached hydrogens (tertiary/aromatic N) is 2. The van der Waals surface area contributed by atoms with Crippen molar-refractivity contribution in [2.75, 3.05) is 39.4 Å². The Labute approximate surface area is 197 Å². The average Bonchev–Trinajstić information content (AvgIpc) is 3.05. The first-order chi connectivity index (χ1) is 15.5. The average molecular weight is 475 g/mol. The van der Waals surface area contributed by atoms with E-state index in [1.807, 2.05) is 6.07 Å². The van der Waals surface area contributed by atoms with Crippen molar-refractivity contribution in [1.82, 2.24) is 9.80 Å². The number of aliphatic hydroxyl groups is 1. The summed E-state index contributed by atoms with van der Waals surface area (Å²) in [5.74, 6) is -1.56. The third-order valence-corrected chi connectivity index (χ3v) is 6.38. The van der Waals surface area contributed by atoms with Gasteiger partial charge in [-0.2, -0.15) is 0 Å². The maximum Gasteiger partial charge on any atom is 0.295 e. The largest absolute Gasteiger partial charge is 0.507 e. The lowest BCUT2D eigenvalue weighted by Crippen LogP contribution is -2.39. The molecule has 0 spiro atoms. The molecule has 2 aromatic carbocycles. The smallest absolute Gasteiger partial charge is 0.295 e. The van der Waals surface area contributed by atoms with Crippen LogP contribution in [0.4, 0.5) is 0 Å². The molecule has 2 fully saturated rings. The van der Waals surface area contributed by atoms with Crippen molar-refractivity contribution in [3.8, 4) is 0 Å². The lowest BCUT2D eigenvalue weighted by molar-refractivity contribution is -0.140. The van der Waals surface area contributed by atoms with Gasteiger partial charge in [0.25, 0.3) is 11.7 Å². The molecular weight excluding hydrogens is 451 g/mol. The van der Waals surface area contributed by atoms with Gasteiger partial charge < -0.3 is 14.7 Å². The monoisotopic (exact) mass is 474 g/mol. The normalized spacial score (nSPS) is 21.3. The number of likely N-dealkylation sites (tertiary alicyclic amines) is 1. The maximum absolute atomic E-state index is 13.1. The highest BCUT2D eigenvalue weighted by Crippen LogP contribution is 2.42. The molecule has 2 saturated heterocycles. The van der Waals surface area contributed by atoms with E-state index in [1.165, 1.54) is 4.90 Å². The molecule has 2 aliphatic heterocycles. The number of halogens is 2. The van der Waals surface area contributed by atoms with Gasteiger partial charge in [0.2, 0.25) is 0 Å². The number of carbonyl (C=O) groups excluding carboxylic acids is 2. The number of carbonyl (C=O) groups is 2. The summed E-state index contributed by atoms with van der Waals surface area (Å²) in [4.78, 5) is 29.9. The number of morpholine rings is 1. The van der Waals surface area contributed by atoms with Crippen molar-refractivity contribution in [2.45, 2.75) is 12.5 Å². The minimum absolute atomic E-state index is 0.0387. The molecule has 0 radical (unpaired) electrons. The molecule has 0 bridgehead atoms. The third kappa shape index (κ3) is 4.69. The van der Waals surface area contributed by atoms with Crippen LogP contribution in [0.25, 0.3) is 5.76 Å². The minimum Gasteiger partial charge on any atom is -0.507 e. The topological polar surface area (TPSA) is 70.1 Å². The number of amides is 1. The molecule has 1 atom stereocenters. The van der Waals surface area contributed by atoms with E-state index >= 15 is 0 Å². The molecular formula is C24H24Cl2N2O4. The first-order valence-corrected chi connectivity index (χ1v) is 11.3. The van der Waals surface area contributed by atoms with E-state index in [2.05, 4.69) is 4.90 Å². The van der Waals surface area contributed by atoms with Crippen LogP contribution in [-0.4, -0.2) is 66.0 Å². The molecule has 2 aromatic rings. The fourth-order valence-electron chi connectivity index (χ4n) is 4.20. The number of ether oxygens (including phenoxy) is 1. The van der Waals surface area contributed by atoms with Crippen molar-refractivity contribution in [1.29, 1.82) is 0 Å². The van der Waals surface area contributed by atoms with Gasteiger partial charge in [0.15, 0.2) is 0 Å². The molecule has 4 rings (SSSR count). The van der Waals surface area contributed by atoms with E-state index in [-0.39, 0.29) is 11.3 Å². The summed E-state index contributed by atoms with van der Waals surface area (Å²) < 4.78 is 5.38. The number of rotatable bonds is 6. The summed E-state index contributed by atoms with van der Waals surface area (Å²) in [6, 6.07) is 12.9. The molecule has 1 N–H and O–H groups in total. The number of Topliss-reactive ketones (excluding diaryl/α,β-unsaturated/α-hetero) is 1. The molecule has 6 nitrogen and oxygen atoms in total. The van der Waals surface area contributed by atoms with Crippen LogP contribution in [0.5, 0.6) is 0 Å². The van der Waals surface area contributed by atoms with Gasteiger partial charge in [-0.15, -0.1) is 0 Å². The zero-order chi connectivity index (χ0) is 22.7. The molecule has 32 heavy (non-hydrogen) atoms. The van der Waals surface area contributed by atoms with Crippen LogP contribution in [0, 0.1) is 0 Å². The second-order valence-corrected chi connectivity index (χ2v) is 8.68. The number of hydrogen-bond acceptors (Lipinski definition) is 5. The summed E-state index contributed by atoms with van der Waals surface area (Å²) >= 11 is 12.6. The highest BCUT2D eigenvalue weighted by molar-refractivity contribution is 6.47. The number of aliphatic hydroxyl groups excluding tert-OH is 1. The molecule has 1 unspecified atom stereocenters. The quantitative estimate of drug-likeness (QED) is 0.387. The van der Waals surface area contributed by atoms with Crippen molar-refractivity contribution in [3.63, 3.8) is 0 Å². The third-order valence-electron chi connectivity index (χ3n) is 5.82. The van der Waals surface area contributed by atoms with E-state index in [9.17, 15) is 14.7 Å². The fraction of sp³-hybridized carbons (Fsp3) is 0.333. The summed E-state index contributed by atoms with van der Waals surface area (Å²) in [5, 5.41) is 11.8. The van der Waals surface area contributed by atoms with E-state index in [4.69, 9.17) is 27.9 Å². The van der Waals surface area contributed by atoms with E-state index in [1.54, 1.807) is 42.5 Å². The molecule has 1 amide bonds. The van der Waals surface area contributed by atoms with E-state index in [0.29, 0.717) is 47.4 Å². The van der Waals surface area contributed by atoms with Crippen molar-refractivity contribution < 1.29 is 19.4 Å². The Morgan fingerprint density at radius 1 is 1.03 bits per heavy atom. The summed E-state index contributed by atoms with van der Waals surface area (Å²) in [5.41, 5.74) is 1.06. The molecule has 8 heteroatoms. The Morgan fingerprint density at radius 2 is 1.75 bits per heavy atom. The molecule has 2 aliphatic rings.